The minimum Gasteiger partial charge on any atom is -0.507 e. The average molecular weight is 1040 g/mol. The molecule has 0 atom stereocenters. The van der Waals surface area contributed by atoms with Gasteiger partial charge in [-0.3, -0.25) is 9.55 Å². The third kappa shape index (κ3) is 8.92. The molecule has 6 aromatic carbocycles. The van der Waals surface area contributed by atoms with Crippen LogP contribution < -0.4 is 0 Å². The number of rotatable bonds is 8. The van der Waals surface area contributed by atoms with E-state index in [2.05, 4.69) is 11.1 Å². The molecule has 0 saturated carbocycles. The van der Waals surface area contributed by atoms with E-state index in [1.807, 2.05) is 70.2 Å². The first kappa shape index (κ1) is 28.4. The maximum absolute atomic E-state index is 11.9. The van der Waals surface area contributed by atoms with E-state index in [1.165, 1.54) is 18.3 Å². The zero-order chi connectivity index (χ0) is 60.4. The number of aromatic nitrogens is 3. The largest absolute Gasteiger partial charge is 0.507 e. The molecule has 64 heavy (non-hydrogen) atoms. The van der Waals surface area contributed by atoms with Crippen LogP contribution in [0.2, 0.25) is 0 Å². The molecule has 330 valence electrons. The Morgan fingerprint density at radius 2 is 1.39 bits per heavy atom. The van der Waals surface area contributed by atoms with Gasteiger partial charge < -0.3 is 5.11 Å². The van der Waals surface area contributed by atoms with Crippen molar-refractivity contribution < 1.29 is 50.8 Å². The van der Waals surface area contributed by atoms with Crippen LogP contribution in [0.4, 0.5) is 0 Å². The SMILES string of the molecule is [2H]c1c([2H])c(C(C([2H])([2H])[2H])(C([2H])([2H])[2H])C([2H])([2H])[2H])c([2H])c([2H])c1-c1ccnc(-c2[c-]c(-c3cccc4c3nc(-c3cc(C)cc(C)c3O)n4-c3ccc(-c4c(C([2H])(C)C)cccc4C([2H])(C)C)cc3C([2H])([2H])[2H])cc(C(C)(C)C)c2)c1.[Pt]. The Morgan fingerprint density at radius 3 is 2.05 bits per heavy atom. The zero-order valence-electron chi connectivity index (χ0n) is 55.3. The number of para-hydroxylation sites is 1. The minimum absolute atomic E-state index is 0. The summed E-state index contributed by atoms with van der Waals surface area (Å²) in [4.78, 5) is 9.92. The minimum atomic E-state index is -3.85. The molecule has 0 bridgehead atoms. The number of nitrogens with zero attached hydrogens (tertiary/aromatic N) is 3. The van der Waals surface area contributed by atoms with E-state index in [9.17, 15) is 5.11 Å². The molecule has 2 aromatic heterocycles. The van der Waals surface area contributed by atoms with Crippen LogP contribution in [0.1, 0.15) is 144 Å². The van der Waals surface area contributed by atoms with Gasteiger partial charge in [-0.05, 0) is 129 Å². The number of hydrogen-bond acceptors (Lipinski definition) is 3. The first-order valence-corrected chi connectivity index (χ1v) is 20.8. The van der Waals surface area contributed by atoms with E-state index in [1.54, 1.807) is 75.6 Å². The molecule has 0 aliphatic carbocycles. The summed E-state index contributed by atoms with van der Waals surface area (Å²) in [6.45, 7) is 2.33. The van der Waals surface area contributed by atoms with E-state index >= 15 is 0 Å². The van der Waals surface area contributed by atoms with Gasteiger partial charge in [0.1, 0.15) is 11.6 Å². The smallest absolute Gasteiger partial charge is 0.148 e. The zero-order valence-corrected chi connectivity index (χ0v) is 39.6. The second-order valence-electron chi connectivity index (χ2n) is 17.8. The van der Waals surface area contributed by atoms with Gasteiger partial charge in [-0.2, -0.15) is 0 Å². The quantitative estimate of drug-likeness (QED) is 0.154. The summed E-state index contributed by atoms with van der Waals surface area (Å²) >= 11 is 0. The number of aromatic hydroxyl groups is 1. The molecule has 0 amide bonds. The molecule has 2 heterocycles. The van der Waals surface area contributed by atoms with Gasteiger partial charge in [0.2, 0.25) is 0 Å². The Balaban J connectivity index is 0.00000968. The van der Waals surface area contributed by atoms with Crippen LogP contribution in [0, 0.1) is 26.8 Å². The fourth-order valence-corrected chi connectivity index (χ4v) is 8.12. The topological polar surface area (TPSA) is 50.9 Å². The van der Waals surface area contributed by atoms with Crippen LogP contribution >= 0.6 is 0 Å². The van der Waals surface area contributed by atoms with Crippen molar-refractivity contribution in [3.63, 3.8) is 0 Å². The van der Waals surface area contributed by atoms with Crippen molar-refractivity contribution in [3.05, 3.63) is 166 Å². The van der Waals surface area contributed by atoms with Gasteiger partial charge in [0.15, 0.2) is 0 Å². The predicted molar refractivity (Wildman–Crippen MR) is 266 cm³/mol. The van der Waals surface area contributed by atoms with Crippen molar-refractivity contribution in [2.75, 3.05) is 0 Å². The van der Waals surface area contributed by atoms with Crippen LogP contribution in [-0.4, -0.2) is 19.6 Å². The van der Waals surface area contributed by atoms with Crippen LogP contribution in [0.15, 0.2) is 121 Å². The summed E-state index contributed by atoms with van der Waals surface area (Å²) in [5.74, 6) is -2.11. The van der Waals surface area contributed by atoms with Crippen molar-refractivity contribution in [3.8, 4) is 67.5 Å². The number of benzene rings is 6. The summed E-state index contributed by atoms with van der Waals surface area (Å²) in [6, 6.07) is 25.7. The Kier molecular flexibility index (Phi) is 7.88. The molecule has 0 radical (unpaired) electrons. The summed E-state index contributed by atoms with van der Waals surface area (Å²) in [5.41, 5.74) is 1.58. The molecule has 8 aromatic rings. The molecule has 4 nitrogen and oxygen atoms in total. The third-order valence-electron chi connectivity index (χ3n) is 11.4. The number of aryl methyl sites for hydroxylation is 3. The van der Waals surface area contributed by atoms with Crippen molar-refractivity contribution in [2.45, 2.75) is 112 Å². The van der Waals surface area contributed by atoms with Crippen LogP contribution in [0.25, 0.3) is 72.7 Å². The Morgan fingerprint density at radius 1 is 0.703 bits per heavy atom. The molecule has 0 saturated heterocycles. The van der Waals surface area contributed by atoms with E-state index in [0.29, 0.717) is 61.1 Å². The molecule has 8 rings (SSSR count). The Hall–Kier alpha value is -5.57. The van der Waals surface area contributed by atoms with Gasteiger partial charge in [0.25, 0.3) is 0 Å². The normalized spacial score (nSPS) is 17.3. The third-order valence-corrected chi connectivity index (χ3v) is 11.4. The Bertz CT molecular complexity index is 3720. The summed E-state index contributed by atoms with van der Waals surface area (Å²) < 4.78 is 158. The summed E-state index contributed by atoms with van der Waals surface area (Å²) in [6.07, 6.45) is 1.36. The maximum Gasteiger partial charge on any atom is 0.148 e. The first-order chi connectivity index (χ1) is 37.0. The summed E-state index contributed by atoms with van der Waals surface area (Å²) in [5, 5.41) is 11.9. The molecule has 0 aliphatic heterocycles. The number of fused-ring (bicyclic) bond motifs is 1. The fourth-order valence-electron chi connectivity index (χ4n) is 8.12. The van der Waals surface area contributed by atoms with Crippen LogP contribution in [-0.2, 0) is 31.9 Å². The molecule has 0 spiro atoms. The van der Waals surface area contributed by atoms with Gasteiger partial charge in [0, 0.05) is 52.1 Å². The maximum atomic E-state index is 11.9. The molecule has 0 fully saturated rings. The van der Waals surface area contributed by atoms with Crippen molar-refractivity contribution in [2.24, 2.45) is 0 Å². The van der Waals surface area contributed by atoms with Crippen molar-refractivity contribution in [1.29, 1.82) is 0 Å². The summed E-state index contributed by atoms with van der Waals surface area (Å²) in [7, 11) is 0. The molecule has 5 heteroatoms. The van der Waals surface area contributed by atoms with E-state index in [0.717, 1.165) is 11.1 Å². The van der Waals surface area contributed by atoms with Gasteiger partial charge >= 0.3 is 0 Å². The Labute approximate surface area is 421 Å². The van der Waals surface area contributed by atoms with Crippen LogP contribution in [0.3, 0.4) is 0 Å². The molecule has 0 aliphatic rings. The van der Waals surface area contributed by atoms with Crippen LogP contribution in [0.5, 0.6) is 5.75 Å². The molecular weight excluding hydrogens is 962 g/mol. The van der Waals surface area contributed by atoms with E-state index in [-0.39, 0.29) is 60.7 Å². The second-order valence-corrected chi connectivity index (χ2v) is 17.8. The van der Waals surface area contributed by atoms with Crippen molar-refractivity contribution >= 4 is 11.0 Å². The van der Waals surface area contributed by atoms with Gasteiger partial charge in [-0.25, -0.2) is 4.98 Å². The number of hydrogen-bond donors (Lipinski definition) is 1. The van der Waals surface area contributed by atoms with Gasteiger partial charge in [-0.15, -0.1) is 29.3 Å². The average Bonchev–Trinajstić information content (AvgIpc) is 1.33. The number of pyridine rings is 1. The van der Waals surface area contributed by atoms with Gasteiger partial charge in [0.05, 0.1) is 27.8 Å². The van der Waals surface area contributed by atoms with Crippen molar-refractivity contribution in [1.82, 2.24) is 14.5 Å². The number of phenols is 1. The molecular formula is C59H62N3OPt-. The predicted octanol–water partition coefficient (Wildman–Crippen LogP) is 16.0. The first-order valence-electron chi connectivity index (χ1n) is 29.8. The molecule has 1 N–H and O–H groups in total. The second kappa shape index (κ2) is 17.8. The van der Waals surface area contributed by atoms with E-state index < -0.39 is 79.8 Å². The van der Waals surface area contributed by atoms with Gasteiger partial charge in [-0.1, -0.05) is 153 Å². The monoisotopic (exact) mass is 1040 g/mol. The fraction of sp³-hybridized carbons (Fsp3) is 0.288. The molecule has 0 unspecified atom stereocenters. The number of imidazole rings is 1. The van der Waals surface area contributed by atoms with E-state index in [4.69, 9.17) is 29.7 Å². The number of phenolic OH excluding ortho intramolecular Hbond substituents is 1. The standard InChI is InChI=1S/C59H62N3O.Pt/c1-35(2)47-16-14-17-48(36(3)4)54(47)42-22-25-52(38(6)30-42)62-53-19-15-18-49(55(53)61-57(62)50-29-37(5)28-39(7)56(50)63)43-31-44(33-46(32-43)59(11,12)13)51-34-41(26-27-60-51)40-20-23-45(24-21-40)58(8,9)10;/h14-30,32-36,63H,1-13H3;/q-1;/i6D3,8D3,9D3,10D3,20D,21D,23D,24D,35D,36D;.